The summed E-state index contributed by atoms with van der Waals surface area (Å²) in [6.07, 6.45) is 1.07. The molecule has 0 saturated carbocycles. The number of amides is 1. The first-order valence-corrected chi connectivity index (χ1v) is 5.33. The number of anilines is 1. The van der Waals surface area contributed by atoms with Crippen LogP contribution in [0.4, 0.5) is 5.82 Å². The van der Waals surface area contributed by atoms with E-state index in [0.717, 1.165) is 10.5 Å². The summed E-state index contributed by atoms with van der Waals surface area (Å²) in [5, 5.41) is 5.77. The third-order valence-electron chi connectivity index (χ3n) is 1.70. The lowest BCUT2D eigenvalue weighted by Gasteiger charge is -2.13. The first-order valence-electron chi connectivity index (χ1n) is 3.89. The SMILES string of the molecule is CN(CC(N)=O)S(=O)(=O)c1cn[nH]c1N. The molecule has 84 valence electrons. The van der Waals surface area contributed by atoms with Crippen LogP contribution in [0, 0.1) is 0 Å². The number of nitrogen functional groups attached to an aromatic ring is 1. The highest BCUT2D eigenvalue weighted by Crippen LogP contribution is 2.17. The monoisotopic (exact) mass is 233 g/mol. The summed E-state index contributed by atoms with van der Waals surface area (Å²) in [4.78, 5) is 10.4. The van der Waals surface area contributed by atoms with Crippen LogP contribution in [0.25, 0.3) is 0 Å². The minimum atomic E-state index is -3.81. The van der Waals surface area contributed by atoms with Crippen LogP contribution in [0.1, 0.15) is 0 Å². The Morgan fingerprint density at radius 1 is 1.67 bits per heavy atom. The number of carbonyl (C=O) groups is 1. The molecule has 0 bridgehead atoms. The number of aromatic nitrogens is 2. The Morgan fingerprint density at radius 2 is 2.27 bits per heavy atom. The quantitative estimate of drug-likeness (QED) is 0.558. The Kier molecular flexibility index (Phi) is 2.95. The number of hydrogen-bond donors (Lipinski definition) is 3. The predicted molar refractivity (Wildman–Crippen MR) is 52.0 cm³/mol. The molecule has 0 aliphatic heterocycles. The molecular formula is C6H11N5O3S. The Balaban J connectivity index is 3.04. The third kappa shape index (κ3) is 2.25. The highest BCUT2D eigenvalue weighted by atomic mass is 32.2. The number of H-pyrrole nitrogens is 1. The second kappa shape index (κ2) is 3.87. The molecule has 0 aliphatic rings. The van der Waals surface area contributed by atoms with Gasteiger partial charge in [-0.25, -0.2) is 8.42 Å². The average Bonchev–Trinajstić information content (AvgIpc) is 2.50. The van der Waals surface area contributed by atoms with Crippen molar-refractivity contribution in [2.45, 2.75) is 4.90 Å². The predicted octanol–water partition coefficient (Wildman–Crippen LogP) is -1.90. The van der Waals surface area contributed by atoms with E-state index in [1.165, 1.54) is 7.05 Å². The van der Waals surface area contributed by atoms with E-state index in [2.05, 4.69) is 10.2 Å². The van der Waals surface area contributed by atoms with Gasteiger partial charge in [0.25, 0.3) is 0 Å². The number of nitrogens with zero attached hydrogens (tertiary/aromatic N) is 2. The Bertz CT molecular complexity index is 465. The van der Waals surface area contributed by atoms with E-state index in [4.69, 9.17) is 11.5 Å². The van der Waals surface area contributed by atoms with Crippen molar-refractivity contribution in [1.82, 2.24) is 14.5 Å². The molecule has 15 heavy (non-hydrogen) atoms. The maximum absolute atomic E-state index is 11.7. The van der Waals surface area contributed by atoms with E-state index >= 15 is 0 Å². The largest absolute Gasteiger partial charge is 0.383 e. The standard InChI is InChI=1S/C6H11N5O3S/c1-11(3-5(7)12)15(13,14)4-2-9-10-6(4)8/h2H,3H2,1H3,(H2,7,12)(H3,8,9,10). The molecule has 0 aliphatic carbocycles. The Morgan fingerprint density at radius 3 is 2.67 bits per heavy atom. The lowest BCUT2D eigenvalue weighted by molar-refractivity contribution is -0.118. The minimum Gasteiger partial charge on any atom is -0.383 e. The molecule has 1 aromatic rings. The van der Waals surface area contributed by atoms with Crippen LogP contribution in [0.3, 0.4) is 0 Å². The van der Waals surface area contributed by atoms with Crippen molar-refractivity contribution in [3.63, 3.8) is 0 Å². The van der Waals surface area contributed by atoms with Crippen molar-refractivity contribution in [2.75, 3.05) is 19.3 Å². The van der Waals surface area contributed by atoms with Crippen molar-refractivity contribution in [1.29, 1.82) is 0 Å². The number of primary amides is 1. The summed E-state index contributed by atoms with van der Waals surface area (Å²) in [5.74, 6) is -0.825. The number of rotatable bonds is 4. The zero-order valence-corrected chi connectivity index (χ0v) is 8.78. The van der Waals surface area contributed by atoms with Gasteiger partial charge in [0.15, 0.2) is 0 Å². The molecule has 5 N–H and O–H groups in total. The fourth-order valence-electron chi connectivity index (χ4n) is 0.963. The fraction of sp³-hybridized carbons (Fsp3) is 0.333. The van der Waals surface area contributed by atoms with E-state index in [9.17, 15) is 13.2 Å². The highest BCUT2D eigenvalue weighted by molar-refractivity contribution is 7.89. The molecule has 1 aromatic heterocycles. The van der Waals surface area contributed by atoms with Gasteiger partial charge < -0.3 is 11.5 Å². The number of sulfonamides is 1. The van der Waals surface area contributed by atoms with E-state index in [-0.39, 0.29) is 10.7 Å². The Hall–Kier alpha value is -1.61. The normalized spacial score (nSPS) is 11.9. The number of hydrogen-bond acceptors (Lipinski definition) is 5. The first kappa shape index (κ1) is 11.5. The summed E-state index contributed by atoms with van der Waals surface area (Å²) in [5.41, 5.74) is 10.2. The maximum atomic E-state index is 11.7. The number of nitrogens with two attached hydrogens (primary N) is 2. The van der Waals surface area contributed by atoms with Crippen molar-refractivity contribution >= 4 is 21.7 Å². The molecule has 0 unspecified atom stereocenters. The third-order valence-corrected chi connectivity index (χ3v) is 3.53. The highest BCUT2D eigenvalue weighted by Gasteiger charge is 2.25. The van der Waals surface area contributed by atoms with Gasteiger partial charge in [-0.05, 0) is 0 Å². The van der Waals surface area contributed by atoms with Crippen LogP contribution in [0.5, 0.6) is 0 Å². The van der Waals surface area contributed by atoms with Gasteiger partial charge in [0.2, 0.25) is 15.9 Å². The molecule has 1 rings (SSSR count). The van der Waals surface area contributed by atoms with Gasteiger partial charge in [-0.2, -0.15) is 9.40 Å². The molecule has 8 nitrogen and oxygen atoms in total. The molecule has 1 heterocycles. The zero-order valence-electron chi connectivity index (χ0n) is 7.97. The van der Waals surface area contributed by atoms with Crippen LogP contribution < -0.4 is 11.5 Å². The number of nitrogens with one attached hydrogen (secondary N) is 1. The number of likely N-dealkylation sites (N-methyl/N-ethyl adjacent to an activating group) is 1. The number of aromatic amines is 1. The zero-order chi connectivity index (χ0) is 11.6. The second-order valence-electron chi connectivity index (χ2n) is 2.88. The molecule has 0 fully saturated rings. The van der Waals surface area contributed by atoms with Crippen molar-refractivity contribution in [2.24, 2.45) is 5.73 Å². The molecule has 1 amide bonds. The molecular weight excluding hydrogens is 222 g/mol. The summed E-state index contributed by atoms with van der Waals surface area (Å²) in [6.45, 7) is -0.410. The minimum absolute atomic E-state index is 0.0775. The summed E-state index contributed by atoms with van der Waals surface area (Å²) in [6, 6.07) is 0. The van der Waals surface area contributed by atoms with E-state index in [1.54, 1.807) is 0 Å². The van der Waals surface area contributed by atoms with E-state index < -0.39 is 22.5 Å². The van der Waals surface area contributed by atoms with Crippen molar-refractivity contribution < 1.29 is 13.2 Å². The van der Waals surface area contributed by atoms with Crippen molar-refractivity contribution in [3.8, 4) is 0 Å². The van der Waals surface area contributed by atoms with Crippen LogP contribution in [0.15, 0.2) is 11.1 Å². The first-order chi connectivity index (χ1) is 6.85. The van der Waals surface area contributed by atoms with Gasteiger partial charge >= 0.3 is 0 Å². The molecule has 0 aromatic carbocycles. The number of carbonyl (C=O) groups excluding carboxylic acids is 1. The molecule has 0 saturated heterocycles. The molecule has 0 spiro atoms. The van der Waals surface area contributed by atoms with Gasteiger partial charge in [0.05, 0.1) is 12.7 Å². The van der Waals surface area contributed by atoms with Crippen LogP contribution in [-0.4, -0.2) is 42.4 Å². The lowest BCUT2D eigenvalue weighted by atomic mass is 10.6. The summed E-state index contributed by atoms with van der Waals surface area (Å²) in [7, 11) is -2.58. The average molecular weight is 233 g/mol. The molecule has 0 atom stereocenters. The van der Waals surface area contributed by atoms with Gasteiger partial charge in [-0.3, -0.25) is 9.89 Å². The van der Waals surface area contributed by atoms with Gasteiger partial charge in [0.1, 0.15) is 10.7 Å². The van der Waals surface area contributed by atoms with E-state index in [1.807, 2.05) is 0 Å². The van der Waals surface area contributed by atoms with Crippen molar-refractivity contribution in [3.05, 3.63) is 6.20 Å². The summed E-state index contributed by atoms with van der Waals surface area (Å²) >= 11 is 0. The van der Waals surface area contributed by atoms with Gasteiger partial charge in [-0.15, -0.1) is 0 Å². The van der Waals surface area contributed by atoms with Gasteiger partial charge in [-0.1, -0.05) is 0 Å². The molecule has 0 radical (unpaired) electrons. The topological polar surface area (TPSA) is 135 Å². The van der Waals surface area contributed by atoms with E-state index in [0.29, 0.717) is 0 Å². The maximum Gasteiger partial charge on any atom is 0.248 e. The second-order valence-corrected chi connectivity index (χ2v) is 4.89. The van der Waals surface area contributed by atoms with Gasteiger partial charge in [0, 0.05) is 7.05 Å². The Labute approximate surface area is 86.3 Å². The van der Waals surface area contributed by atoms with Crippen LogP contribution >= 0.6 is 0 Å². The fourth-order valence-corrected chi connectivity index (χ4v) is 2.11. The van der Waals surface area contributed by atoms with Crippen LogP contribution in [0.2, 0.25) is 0 Å². The van der Waals surface area contributed by atoms with Crippen LogP contribution in [-0.2, 0) is 14.8 Å². The molecule has 9 heteroatoms. The smallest absolute Gasteiger partial charge is 0.248 e. The summed E-state index contributed by atoms with van der Waals surface area (Å²) < 4.78 is 24.3. The lowest BCUT2D eigenvalue weighted by Crippen LogP contribution is -2.35.